The summed E-state index contributed by atoms with van der Waals surface area (Å²) >= 11 is 1.42. The molecule has 3 rings (SSSR count). The molecular formula is C13H14N5OS+. The molecule has 2 heterocycles. The lowest BCUT2D eigenvalue weighted by molar-refractivity contribution is -0.355. The van der Waals surface area contributed by atoms with E-state index in [1.54, 1.807) is 0 Å². The van der Waals surface area contributed by atoms with Crippen molar-refractivity contribution in [2.75, 3.05) is 5.32 Å². The van der Waals surface area contributed by atoms with E-state index in [4.69, 9.17) is 11.5 Å². The average molecular weight is 288 g/mol. The quantitative estimate of drug-likeness (QED) is 0.455. The van der Waals surface area contributed by atoms with Gasteiger partial charge in [0.1, 0.15) is 5.69 Å². The van der Waals surface area contributed by atoms with E-state index in [1.165, 1.54) is 11.3 Å². The molecule has 7 heteroatoms. The molecule has 0 bridgehead atoms. The van der Waals surface area contributed by atoms with Crippen LogP contribution in [0.25, 0.3) is 11.3 Å². The number of fused-ring (bicyclic) bond motifs is 1. The fourth-order valence-corrected chi connectivity index (χ4v) is 2.90. The van der Waals surface area contributed by atoms with Crippen molar-refractivity contribution in [2.24, 2.45) is 11.5 Å². The molecule has 0 spiro atoms. The van der Waals surface area contributed by atoms with Crippen molar-refractivity contribution in [3.63, 3.8) is 0 Å². The maximum absolute atomic E-state index is 11.6. The second kappa shape index (κ2) is 4.61. The first-order chi connectivity index (χ1) is 9.54. The summed E-state index contributed by atoms with van der Waals surface area (Å²) in [6.45, 7) is 1.89. The monoisotopic (exact) mass is 288 g/mol. The molecule has 0 fully saturated rings. The van der Waals surface area contributed by atoms with Gasteiger partial charge >= 0.3 is 5.96 Å². The number of rotatable bonds is 2. The standard InChI is InChI=1S/C13H13N5OS/c1-6-8-4-7(2-3-9(8)16-11(6)19)10-5-20-13(17-10)18-12(14)15/h2-6H,1H3,(H,16,19)(H4,14,15,17,18)/p+1/t6-/m1/s1. The molecule has 0 radical (unpaired) electrons. The first-order valence-corrected chi connectivity index (χ1v) is 6.98. The third kappa shape index (κ3) is 2.12. The Morgan fingerprint density at radius 2 is 2.25 bits per heavy atom. The molecule has 0 saturated carbocycles. The van der Waals surface area contributed by atoms with Crippen molar-refractivity contribution in [1.29, 1.82) is 0 Å². The van der Waals surface area contributed by atoms with Crippen LogP contribution in [0.5, 0.6) is 0 Å². The van der Waals surface area contributed by atoms with Gasteiger partial charge in [-0.3, -0.25) is 4.79 Å². The van der Waals surface area contributed by atoms with Crippen LogP contribution in [0.4, 0.5) is 10.8 Å². The van der Waals surface area contributed by atoms with Crippen molar-refractivity contribution in [3.8, 4) is 11.3 Å². The summed E-state index contributed by atoms with van der Waals surface area (Å²) in [4.78, 5) is 18.8. The van der Waals surface area contributed by atoms with Crippen molar-refractivity contribution in [1.82, 2.24) is 4.98 Å². The molecule has 1 aromatic heterocycles. The number of hydrogen-bond donors (Lipinski definition) is 4. The number of carbonyl (C=O) groups excluding carboxylic acids is 1. The van der Waals surface area contributed by atoms with E-state index >= 15 is 0 Å². The zero-order chi connectivity index (χ0) is 14.3. The van der Waals surface area contributed by atoms with E-state index in [2.05, 4.69) is 15.3 Å². The van der Waals surface area contributed by atoms with E-state index in [9.17, 15) is 4.79 Å². The van der Waals surface area contributed by atoms with Gasteiger partial charge in [-0.1, -0.05) is 11.3 Å². The molecule has 6 N–H and O–H groups in total. The third-order valence-corrected chi connectivity index (χ3v) is 3.98. The van der Waals surface area contributed by atoms with Crippen LogP contribution in [0.3, 0.4) is 0 Å². The molecule has 1 aliphatic heterocycles. The predicted molar refractivity (Wildman–Crippen MR) is 78.6 cm³/mol. The largest absolute Gasteiger partial charge is 0.325 e. The highest BCUT2D eigenvalue weighted by Gasteiger charge is 2.27. The van der Waals surface area contributed by atoms with Gasteiger partial charge in [0.25, 0.3) is 5.13 Å². The number of carbonyl (C=O) groups is 1. The van der Waals surface area contributed by atoms with Gasteiger partial charge in [0.05, 0.1) is 5.92 Å². The Hall–Kier alpha value is -2.41. The number of benzene rings is 1. The molecule has 6 nitrogen and oxygen atoms in total. The number of aromatic nitrogens is 1. The molecule has 1 amide bonds. The SMILES string of the molecule is C[C@H]1C(=O)Nc2ccc(-c3csc([NH+]=C(N)N)n3)cc21. The highest BCUT2D eigenvalue weighted by atomic mass is 32.1. The van der Waals surface area contributed by atoms with E-state index in [1.807, 2.05) is 30.5 Å². The maximum atomic E-state index is 11.6. The number of hydrogen-bond acceptors (Lipinski definition) is 3. The highest BCUT2D eigenvalue weighted by molar-refractivity contribution is 7.13. The fraction of sp³-hybridized carbons (Fsp3) is 0.154. The van der Waals surface area contributed by atoms with Gasteiger partial charge in [-0.05, 0) is 30.7 Å². The molecule has 0 aliphatic carbocycles. The molecule has 2 aromatic rings. The summed E-state index contributed by atoms with van der Waals surface area (Å²) in [6, 6.07) is 5.83. The van der Waals surface area contributed by atoms with Crippen LogP contribution < -0.4 is 21.8 Å². The molecule has 1 aliphatic rings. The van der Waals surface area contributed by atoms with E-state index < -0.39 is 0 Å². The topological polar surface area (TPSA) is 108 Å². The van der Waals surface area contributed by atoms with Gasteiger partial charge in [-0.25, -0.2) is 4.99 Å². The Morgan fingerprint density at radius 1 is 1.45 bits per heavy atom. The molecular weight excluding hydrogens is 274 g/mol. The van der Waals surface area contributed by atoms with Gasteiger partial charge in [-0.2, -0.15) is 0 Å². The lowest BCUT2D eigenvalue weighted by atomic mass is 10.00. The Morgan fingerprint density at radius 3 is 3.00 bits per heavy atom. The number of guanidine groups is 1. The first-order valence-electron chi connectivity index (χ1n) is 6.10. The normalized spacial score (nSPS) is 16.6. The summed E-state index contributed by atoms with van der Waals surface area (Å²) in [7, 11) is 0. The second-order valence-corrected chi connectivity index (χ2v) is 5.49. The van der Waals surface area contributed by atoms with Gasteiger partial charge in [-0.15, -0.1) is 4.98 Å². The average Bonchev–Trinajstić information content (AvgIpc) is 2.95. The van der Waals surface area contributed by atoms with E-state index in [0.29, 0.717) is 5.13 Å². The van der Waals surface area contributed by atoms with Crippen LogP contribution in [0.2, 0.25) is 0 Å². The lowest BCUT2D eigenvalue weighted by Gasteiger charge is -2.02. The number of nitrogens with zero attached hydrogens (tertiary/aromatic N) is 1. The Balaban J connectivity index is 1.98. The van der Waals surface area contributed by atoms with Crippen LogP contribution in [-0.2, 0) is 4.79 Å². The summed E-state index contributed by atoms with van der Waals surface area (Å²) in [5.41, 5.74) is 14.4. The van der Waals surface area contributed by atoms with Crippen LogP contribution in [-0.4, -0.2) is 16.9 Å². The second-order valence-electron chi connectivity index (χ2n) is 4.63. The van der Waals surface area contributed by atoms with Gasteiger partial charge in [0.15, 0.2) is 0 Å². The summed E-state index contributed by atoms with van der Waals surface area (Å²) in [5, 5.41) is 5.41. The molecule has 1 atom stereocenters. The number of thiazole rings is 1. The zero-order valence-corrected chi connectivity index (χ0v) is 11.6. The third-order valence-electron chi connectivity index (χ3n) is 3.22. The minimum Gasteiger partial charge on any atom is -0.325 e. The number of nitrogens with two attached hydrogens (primary N) is 2. The van der Waals surface area contributed by atoms with Crippen LogP contribution in [0.1, 0.15) is 18.4 Å². The van der Waals surface area contributed by atoms with Crippen molar-refractivity contribution >= 4 is 34.0 Å². The number of anilines is 1. The molecule has 0 saturated heterocycles. The molecule has 1 aromatic carbocycles. The minimum absolute atomic E-state index is 0.0308. The van der Waals surface area contributed by atoms with Crippen molar-refractivity contribution in [3.05, 3.63) is 29.1 Å². The summed E-state index contributed by atoms with van der Waals surface area (Å²) in [5.74, 6) is 0.0146. The highest BCUT2D eigenvalue weighted by Crippen LogP contribution is 2.35. The van der Waals surface area contributed by atoms with E-state index in [0.717, 1.165) is 22.5 Å². The van der Waals surface area contributed by atoms with Gasteiger partial charge in [0.2, 0.25) is 5.91 Å². The van der Waals surface area contributed by atoms with E-state index in [-0.39, 0.29) is 17.8 Å². The molecule has 102 valence electrons. The van der Waals surface area contributed by atoms with Crippen LogP contribution in [0.15, 0.2) is 23.6 Å². The van der Waals surface area contributed by atoms with Gasteiger partial charge < -0.3 is 16.8 Å². The number of amides is 1. The lowest BCUT2D eigenvalue weighted by Crippen LogP contribution is -2.72. The van der Waals surface area contributed by atoms with Crippen molar-refractivity contribution in [2.45, 2.75) is 12.8 Å². The summed E-state index contributed by atoms with van der Waals surface area (Å²) in [6.07, 6.45) is 0. The fourth-order valence-electron chi connectivity index (χ4n) is 2.16. The Labute approximate surface area is 119 Å². The van der Waals surface area contributed by atoms with Gasteiger partial charge in [0, 0.05) is 16.6 Å². The van der Waals surface area contributed by atoms with Crippen LogP contribution in [0, 0.1) is 0 Å². The number of nitrogens with one attached hydrogen (secondary N) is 2. The predicted octanol–water partition coefficient (Wildman–Crippen LogP) is -0.149. The van der Waals surface area contributed by atoms with Crippen molar-refractivity contribution < 1.29 is 9.79 Å². The Bertz CT molecular complexity index is 717. The maximum Gasteiger partial charge on any atom is 0.303 e. The first kappa shape index (κ1) is 12.6. The zero-order valence-electron chi connectivity index (χ0n) is 10.8. The smallest absolute Gasteiger partial charge is 0.303 e. The Kier molecular flexibility index (Phi) is 2.90. The van der Waals surface area contributed by atoms with Crippen LogP contribution >= 0.6 is 11.3 Å². The molecule has 20 heavy (non-hydrogen) atoms. The minimum atomic E-state index is -0.130. The molecule has 0 unspecified atom stereocenters. The summed E-state index contributed by atoms with van der Waals surface area (Å²) < 4.78 is 0.